The Morgan fingerprint density at radius 1 is 0.377 bits per heavy atom. The number of esters is 5. The first-order valence-corrected chi connectivity index (χ1v) is 50.0. The number of ketones is 5. The minimum absolute atomic E-state index is 0.0190. The number of hydrogen-bond acceptors (Lipinski definition) is 32. The lowest BCUT2D eigenvalue weighted by molar-refractivity contribution is -0.143. The molecule has 146 heavy (non-hydrogen) atoms. The van der Waals surface area contributed by atoms with Gasteiger partial charge in [0.25, 0.3) is 12.2 Å². The van der Waals surface area contributed by atoms with Gasteiger partial charge in [0, 0.05) is 117 Å². The van der Waals surface area contributed by atoms with Crippen LogP contribution in [0.5, 0.6) is 28.7 Å². The number of benzene rings is 7. The minimum Gasteiger partial charge on any atom is -0.535 e. The predicted molar refractivity (Wildman–Crippen MR) is 506 cm³/mol. The number of para-hydroxylation sites is 5. The number of fused-ring (bicyclic) bond motifs is 6. The Bertz CT molecular complexity index is 6320. The molecule has 6 atom stereocenters. The van der Waals surface area contributed by atoms with Gasteiger partial charge in [-0.2, -0.15) is 43.9 Å². The average Bonchev–Trinajstić information content (AvgIpc) is 1.39. The summed E-state index contributed by atoms with van der Waals surface area (Å²) < 4.78 is 249. The third-order valence-electron chi connectivity index (χ3n) is 24.2. The molecule has 0 saturated heterocycles. The molecule has 0 saturated carbocycles. The third kappa shape index (κ3) is 30.0. The number of Topliss-reactive ketones (excluding diaryl/α,β-unsaturated/α-hetero) is 5. The molecule has 7 heterocycles. The number of sulfone groups is 2. The highest BCUT2D eigenvalue weighted by Crippen LogP contribution is 2.47. The molecule has 0 amide bonds. The van der Waals surface area contributed by atoms with Gasteiger partial charge in [0.15, 0.2) is 38.0 Å². The number of allylic oxidation sites excluding steroid dienone is 1. The summed E-state index contributed by atoms with van der Waals surface area (Å²) in [6.45, 7) is 14.6. The number of carbonyl (C=O) groups is 10. The van der Waals surface area contributed by atoms with Crippen molar-refractivity contribution in [1.29, 1.82) is 0 Å². The van der Waals surface area contributed by atoms with Gasteiger partial charge in [0.05, 0.1) is 5.75 Å². The molecule has 5 N–H and O–H groups in total. The van der Waals surface area contributed by atoms with Crippen LogP contribution in [0, 0.1) is 0 Å². The monoisotopic (exact) mass is 2090 g/mol. The van der Waals surface area contributed by atoms with Crippen molar-refractivity contribution in [3.05, 3.63) is 249 Å². The molecule has 0 radical (unpaired) electrons. The maximum atomic E-state index is 13.7. The first-order chi connectivity index (χ1) is 68.5. The minimum atomic E-state index is -3.54. The van der Waals surface area contributed by atoms with Crippen LogP contribution in [-0.4, -0.2) is 203 Å². The van der Waals surface area contributed by atoms with E-state index in [1.165, 1.54) is 77.1 Å². The number of rotatable bonds is 35. The Kier molecular flexibility index (Phi) is 38.7. The van der Waals surface area contributed by atoms with Crippen LogP contribution >= 0.6 is 0 Å². The highest BCUT2D eigenvalue weighted by molar-refractivity contribution is 7.90. The van der Waals surface area contributed by atoms with Crippen LogP contribution in [-0.2, 0) is 120 Å². The first-order valence-electron chi connectivity index (χ1n) is 45.9. The Morgan fingerprint density at radius 2 is 0.671 bits per heavy atom. The second kappa shape index (κ2) is 49.1. The molecule has 49 heteroatoms. The van der Waals surface area contributed by atoms with Gasteiger partial charge < -0.3 is 86.3 Å². The van der Waals surface area contributed by atoms with Crippen LogP contribution < -0.4 is 23.3 Å². The van der Waals surface area contributed by atoms with Crippen molar-refractivity contribution in [1.82, 2.24) is 0 Å². The molecule has 1 unspecified atom stereocenters. The molecule has 32 nitrogen and oxygen atoms in total. The van der Waals surface area contributed by atoms with E-state index in [2.05, 4.69) is 13.2 Å². The van der Waals surface area contributed by atoms with Crippen LogP contribution in [0.25, 0.3) is 5.76 Å². The molecule has 0 fully saturated rings. The number of alkyl halides is 10. The summed E-state index contributed by atoms with van der Waals surface area (Å²) in [5, 5.41) is 51.1. The van der Waals surface area contributed by atoms with Gasteiger partial charge in [0.2, 0.25) is 28.9 Å². The molecule has 0 aliphatic carbocycles. The second-order valence-electron chi connectivity index (χ2n) is 35.1. The largest absolute Gasteiger partial charge is 0.535 e. The summed E-state index contributed by atoms with van der Waals surface area (Å²) in [6, 6.07) is 39.4. The highest BCUT2D eigenvalue weighted by atomic mass is 32.2. The van der Waals surface area contributed by atoms with Gasteiger partial charge in [-0.1, -0.05) is 156 Å². The van der Waals surface area contributed by atoms with Crippen molar-refractivity contribution in [2.75, 3.05) is 37.4 Å². The summed E-state index contributed by atoms with van der Waals surface area (Å²) in [5.41, 5.74) is 4.83. The summed E-state index contributed by atoms with van der Waals surface area (Å²) in [6.07, 6.45) is -4.44. The van der Waals surface area contributed by atoms with E-state index < -0.39 is 249 Å². The van der Waals surface area contributed by atoms with Gasteiger partial charge in [-0.15, -0.1) is 0 Å². The van der Waals surface area contributed by atoms with Crippen molar-refractivity contribution < 1.29 is 195 Å². The van der Waals surface area contributed by atoms with Crippen LogP contribution in [0.15, 0.2) is 176 Å². The number of carbonyl (C=O) groups excluding carboxylic acids is 10. The van der Waals surface area contributed by atoms with Crippen molar-refractivity contribution in [2.24, 2.45) is 0 Å². The number of hydrogen-bond donors (Lipinski definition) is 5. The lowest BCUT2D eigenvalue weighted by Crippen LogP contribution is -2.38. The number of halogens is 10. The van der Waals surface area contributed by atoms with Crippen molar-refractivity contribution in [3.63, 3.8) is 0 Å². The van der Waals surface area contributed by atoms with Crippen LogP contribution in [0.1, 0.15) is 208 Å². The first kappa shape index (κ1) is 115. The second-order valence-corrected chi connectivity index (χ2v) is 39.4. The quantitative estimate of drug-likeness (QED) is 0.0107. The van der Waals surface area contributed by atoms with Crippen LogP contribution in [0.4, 0.5) is 43.9 Å². The molecule has 7 aromatic rings. The number of ether oxygens (including phenoxy) is 8. The van der Waals surface area contributed by atoms with E-state index in [1.807, 2.05) is 36.4 Å². The third-order valence-corrected chi connectivity index (χ3v) is 25.7. The molecule has 0 aromatic heterocycles. The van der Waals surface area contributed by atoms with E-state index in [9.17, 15) is 134 Å². The fraction of sp³-hybridized carbons (Fsp3) is 0.402. The molecule has 780 valence electrons. The maximum absolute atomic E-state index is 13.7. The molecule has 0 bridgehead atoms. The summed E-state index contributed by atoms with van der Waals surface area (Å²) in [5.74, 6) is -31.3. The van der Waals surface area contributed by atoms with Crippen molar-refractivity contribution >= 4 is 120 Å². The van der Waals surface area contributed by atoms with Gasteiger partial charge in [0.1, 0.15) is 81.3 Å². The van der Waals surface area contributed by atoms with Gasteiger partial charge >= 0.3 is 95.1 Å². The van der Waals surface area contributed by atoms with Crippen LogP contribution in [0.3, 0.4) is 0 Å². The lowest BCUT2D eigenvalue weighted by atomic mass is 9.64. The average molecular weight is 2090 g/mol. The molecular formula is C97H103B5F10O32S2. The Balaban J connectivity index is 0.000000187. The normalized spacial score (nSPS) is 17.6. The predicted octanol–water partition coefficient (Wildman–Crippen LogP) is 14.9. The molecule has 7 aliphatic rings. The zero-order valence-corrected chi connectivity index (χ0v) is 81.8. The van der Waals surface area contributed by atoms with E-state index in [4.69, 9.17) is 61.2 Å². The molecule has 7 aromatic carbocycles. The Morgan fingerprint density at radius 3 is 0.973 bits per heavy atom. The topological polar surface area (TPSA) is 460 Å². The standard InChI is InChI=1S/C23H21BF2O6.C21H21BF2O5.C20H21BF2O7.C17H21BF2O7S.C16H19BF2O7S/c1-3-23(25,26)19(27)12-15-11-14-7-6-10-18(20(14)32-24(15)29)21(28)31-22-17-9-5-4-8-16(17)13(2)30-22;1-2-21(23,24)18(25)12-16-11-15-9-6-10-17(19(15)29-22(16)27)20(26)28-13-14-7-4-3-5-8-14;1-4-20(22,23)17(24)9-14-8-13-6-5-7-15(18(13)30-21(14)26)19(25)27-10-16-11(2)28-12(3)29-16;1-3-17(19,20)14(21)10-12-9-11-5-4-6-13(15(11)27-18(12)23)16(22)26-7-8-28(2,24)25;1-3-16(18,19)13(20)8-11-7-10-5-4-6-12(14(10)26-17(11)22)15(21)25-9-27(2,23)24/h4-10,15,22,29H,2-3,11-12H2,1H3;3-10,16,27H,2,11-13H2,1H3;5-7,14,26H,3-4,8-10H2,1-2H3;4-6,12,23H,3,7-10H2,1-2H3;4-6,11,22H,3,7-9H2,1-2H3/t15-,22?;16-;14-;12-;11-/m11111/s1. The van der Waals surface area contributed by atoms with E-state index in [0.717, 1.165) is 23.6 Å². The SMILES string of the molecule is C=C1OC(C)=C(COC(=O)c2cccc3c2OB(O)[C@@H](CC(=O)C(F)(F)CC)C3)O1.C=C1OC(OC(=O)c2cccc3c2OB(O)[C@@H](CC(=O)C(F)(F)CC)C3)c2ccccc21.CCC(F)(F)C(=O)C[C@H]1Cc2cccc(C(=O)OCCS(C)(=O)=O)c2OB1O.CCC(F)(F)C(=O)C[C@H]1Cc2cccc(C(=O)OCS(C)(=O)=O)c2OB1O.CCC(F)(F)C(=O)C[C@H]1Cc2cccc(C(=O)OCc3ccccc3)c2OB1O. The van der Waals surface area contributed by atoms with Gasteiger partial charge in [-0.3, -0.25) is 24.0 Å². The fourth-order valence-electron chi connectivity index (χ4n) is 15.7. The Hall–Kier alpha value is -12.8. The highest BCUT2D eigenvalue weighted by Gasteiger charge is 2.51. The molecular weight excluding hydrogens is 1990 g/mol. The maximum Gasteiger partial charge on any atom is 0.526 e. The van der Waals surface area contributed by atoms with Crippen molar-refractivity contribution in [2.45, 2.75) is 209 Å². The molecule has 7 aliphatic heterocycles. The molecule has 0 spiro atoms. The van der Waals surface area contributed by atoms with Crippen molar-refractivity contribution in [3.8, 4) is 28.7 Å². The fourth-order valence-corrected chi connectivity index (χ4v) is 16.4. The van der Waals surface area contributed by atoms with Gasteiger partial charge in [-0.25, -0.2) is 40.8 Å². The van der Waals surface area contributed by atoms with Gasteiger partial charge in [-0.05, 0) is 109 Å². The smallest absolute Gasteiger partial charge is 0.526 e. The van der Waals surface area contributed by atoms with E-state index in [-0.39, 0.29) is 120 Å². The van der Waals surface area contributed by atoms with E-state index >= 15 is 0 Å². The van der Waals surface area contributed by atoms with Crippen LogP contribution in [0.2, 0.25) is 29.1 Å². The van der Waals surface area contributed by atoms with E-state index in [0.29, 0.717) is 50.7 Å². The van der Waals surface area contributed by atoms with E-state index in [1.54, 1.807) is 73.7 Å². The summed E-state index contributed by atoms with van der Waals surface area (Å²) in [4.78, 5) is 121. The Labute approximate surface area is 834 Å². The lowest BCUT2D eigenvalue weighted by Gasteiger charge is -2.29. The zero-order valence-electron chi connectivity index (χ0n) is 80.1. The summed E-state index contributed by atoms with van der Waals surface area (Å²) >= 11 is 0. The molecule has 14 rings (SSSR count). The zero-order chi connectivity index (χ0) is 108. The summed E-state index contributed by atoms with van der Waals surface area (Å²) in [7, 11) is -14.5.